The summed E-state index contributed by atoms with van der Waals surface area (Å²) in [4.78, 5) is 14.0. The minimum absolute atomic E-state index is 0.0593. The fourth-order valence-corrected chi connectivity index (χ4v) is 7.70. The molecule has 2 heterocycles. The van der Waals surface area contributed by atoms with Crippen molar-refractivity contribution in [1.29, 1.82) is 0 Å². The van der Waals surface area contributed by atoms with Gasteiger partial charge in [0.25, 0.3) is 0 Å². The number of carboxylic acid groups (broad SMARTS) is 1. The van der Waals surface area contributed by atoms with Crippen LogP contribution in [0.2, 0.25) is 0 Å². The van der Waals surface area contributed by atoms with Crippen molar-refractivity contribution in [1.82, 2.24) is 0 Å². The molecule has 6 aromatic rings. The normalized spacial score (nSPS) is 16.6. The van der Waals surface area contributed by atoms with E-state index in [4.69, 9.17) is 0 Å². The second-order valence-electron chi connectivity index (χ2n) is 12.8. The number of aromatic nitrogens is 1. The molecule has 1 fully saturated rings. The molecule has 1 N–H and O–H groups in total. The fourth-order valence-electron chi connectivity index (χ4n) is 7.70. The highest BCUT2D eigenvalue weighted by Gasteiger charge is 2.42. The molecule has 1 aromatic heterocycles. The Morgan fingerprint density at radius 1 is 0.750 bits per heavy atom. The first-order chi connectivity index (χ1) is 23.6. The smallest absolute Gasteiger partial charge is 0.370 e. The van der Waals surface area contributed by atoms with Gasteiger partial charge in [-0.25, -0.2) is 4.79 Å². The summed E-state index contributed by atoms with van der Waals surface area (Å²) in [7, 11) is 0. The van der Waals surface area contributed by atoms with Gasteiger partial charge >= 0.3 is 5.97 Å². The van der Waals surface area contributed by atoms with E-state index in [0.29, 0.717) is 12.0 Å². The molecule has 2 atom stereocenters. The first-order valence-electron chi connectivity index (χ1n) is 16.8. The van der Waals surface area contributed by atoms with E-state index in [-0.39, 0.29) is 6.54 Å². The summed E-state index contributed by atoms with van der Waals surface area (Å²) in [5, 5.41) is 10.4. The monoisotopic (exact) mass is 625 g/mol. The van der Waals surface area contributed by atoms with Crippen LogP contribution < -0.4 is 9.47 Å². The number of anilines is 2. The van der Waals surface area contributed by atoms with Crippen molar-refractivity contribution in [2.24, 2.45) is 0 Å². The van der Waals surface area contributed by atoms with E-state index in [9.17, 15) is 9.90 Å². The van der Waals surface area contributed by atoms with Gasteiger partial charge in [-0.2, -0.15) is 4.57 Å². The predicted molar refractivity (Wildman–Crippen MR) is 196 cm³/mol. The summed E-state index contributed by atoms with van der Waals surface area (Å²) in [6.45, 7) is -0.0593. The van der Waals surface area contributed by atoms with E-state index in [1.165, 1.54) is 64.0 Å². The number of carboxylic acids is 1. The molecule has 4 heteroatoms. The van der Waals surface area contributed by atoms with Crippen LogP contribution in [0.15, 0.2) is 140 Å². The van der Waals surface area contributed by atoms with Crippen molar-refractivity contribution in [3.05, 3.63) is 173 Å². The number of aliphatic carboxylic acids is 1. The zero-order chi connectivity index (χ0) is 32.5. The topological polar surface area (TPSA) is 44.4 Å². The molecule has 48 heavy (non-hydrogen) atoms. The van der Waals surface area contributed by atoms with Gasteiger partial charge in [-0.15, -0.1) is 0 Å². The summed E-state index contributed by atoms with van der Waals surface area (Å²) in [5.74, 6) is -0.317. The van der Waals surface area contributed by atoms with E-state index < -0.39 is 5.97 Å². The van der Waals surface area contributed by atoms with Gasteiger partial charge in [0.05, 0.1) is 5.39 Å². The van der Waals surface area contributed by atoms with Crippen LogP contribution in [0.1, 0.15) is 58.6 Å². The highest BCUT2D eigenvalue weighted by molar-refractivity contribution is 5.92. The average Bonchev–Trinajstić information content (AvgIpc) is 3.72. The van der Waals surface area contributed by atoms with Crippen LogP contribution in [0, 0.1) is 0 Å². The standard InChI is InChI=1S/C44H36N2O2/c47-44(48)30-45-27-26-35(37-14-7-8-16-41(37)45)22-18-31-21-25-43-40(29-31)38-15-9-17-42(38)46(43)36-23-19-32(20-24-36)28-39(33-10-3-1-4-11-33)34-12-5-2-6-13-34/h1-8,10-14,16,18-29,38,42H,9,15,17,30H2/p+1. The highest BCUT2D eigenvalue weighted by Crippen LogP contribution is 2.52. The largest absolute Gasteiger partial charge is 0.477 e. The number of carbonyl (C=O) groups is 1. The Hall–Kier alpha value is -5.74. The molecular formula is C44H37N2O2+. The van der Waals surface area contributed by atoms with E-state index in [1.54, 1.807) is 4.57 Å². The molecular weight excluding hydrogens is 588 g/mol. The molecule has 234 valence electrons. The molecule has 2 unspecified atom stereocenters. The molecule has 1 aliphatic carbocycles. The summed E-state index contributed by atoms with van der Waals surface area (Å²) < 4.78 is 1.79. The molecule has 0 spiro atoms. The minimum Gasteiger partial charge on any atom is -0.477 e. The van der Waals surface area contributed by atoms with Crippen LogP contribution in [-0.2, 0) is 11.3 Å². The molecule has 5 aromatic carbocycles. The quantitative estimate of drug-likeness (QED) is 0.135. The molecule has 0 amide bonds. The van der Waals surface area contributed by atoms with Crippen LogP contribution in [0.3, 0.4) is 0 Å². The number of hydrogen-bond acceptors (Lipinski definition) is 2. The minimum atomic E-state index is -0.848. The summed E-state index contributed by atoms with van der Waals surface area (Å²) in [6.07, 6.45) is 12.2. The third-order valence-electron chi connectivity index (χ3n) is 9.89. The highest BCUT2D eigenvalue weighted by atomic mass is 16.4. The Balaban J connectivity index is 1.09. The first kappa shape index (κ1) is 29.6. The Bertz CT molecular complexity index is 2130. The lowest BCUT2D eigenvalue weighted by atomic mass is 9.95. The third-order valence-corrected chi connectivity index (χ3v) is 9.89. The molecule has 1 aliphatic heterocycles. The fraction of sp³-hybridized carbons (Fsp3) is 0.136. The van der Waals surface area contributed by atoms with E-state index in [0.717, 1.165) is 16.5 Å². The second-order valence-corrected chi connectivity index (χ2v) is 12.8. The van der Waals surface area contributed by atoms with E-state index in [2.05, 4.69) is 132 Å². The second kappa shape index (κ2) is 12.8. The van der Waals surface area contributed by atoms with Crippen molar-refractivity contribution < 1.29 is 14.5 Å². The van der Waals surface area contributed by atoms with Crippen LogP contribution in [0.5, 0.6) is 0 Å². The predicted octanol–water partition coefficient (Wildman–Crippen LogP) is 9.76. The average molecular weight is 626 g/mol. The van der Waals surface area contributed by atoms with Crippen LogP contribution in [-0.4, -0.2) is 17.1 Å². The number of benzene rings is 5. The van der Waals surface area contributed by atoms with Gasteiger partial charge in [0.1, 0.15) is 0 Å². The lowest BCUT2D eigenvalue weighted by Crippen LogP contribution is -2.38. The van der Waals surface area contributed by atoms with Gasteiger partial charge in [-0.1, -0.05) is 110 Å². The van der Waals surface area contributed by atoms with Crippen LogP contribution in [0.4, 0.5) is 11.4 Å². The lowest BCUT2D eigenvalue weighted by molar-refractivity contribution is -0.660. The molecule has 0 saturated heterocycles. The molecule has 0 bridgehead atoms. The van der Waals surface area contributed by atoms with Crippen molar-refractivity contribution >= 4 is 52.0 Å². The van der Waals surface area contributed by atoms with Crippen LogP contribution in [0.25, 0.3) is 34.7 Å². The number of fused-ring (bicyclic) bond motifs is 4. The summed E-state index contributed by atoms with van der Waals surface area (Å²) in [6, 6.07) is 47.7. The Labute approximate surface area is 281 Å². The molecule has 0 radical (unpaired) electrons. The van der Waals surface area contributed by atoms with Gasteiger partial charge in [-0.3, -0.25) is 0 Å². The number of para-hydroxylation sites is 1. The van der Waals surface area contributed by atoms with E-state index >= 15 is 0 Å². The van der Waals surface area contributed by atoms with E-state index in [1.807, 2.05) is 30.5 Å². The van der Waals surface area contributed by atoms with Gasteiger partial charge in [0.2, 0.25) is 12.1 Å². The Morgan fingerprint density at radius 3 is 2.17 bits per heavy atom. The zero-order valence-electron chi connectivity index (χ0n) is 26.7. The van der Waals surface area contributed by atoms with Gasteiger partial charge in [0, 0.05) is 35.5 Å². The molecule has 8 rings (SSSR count). The first-order valence-corrected chi connectivity index (χ1v) is 16.8. The Kier molecular flexibility index (Phi) is 7.91. The summed E-state index contributed by atoms with van der Waals surface area (Å²) in [5.41, 5.74) is 12.0. The number of nitrogens with zero attached hydrogens (tertiary/aromatic N) is 2. The van der Waals surface area contributed by atoms with Crippen molar-refractivity contribution in [3.8, 4) is 0 Å². The van der Waals surface area contributed by atoms with Gasteiger partial charge in [0.15, 0.2) is 6.20 Å². The number of hydrogen-bond donors (Lipinski definition) is 1. The van der Waals surface area contributed by atoms with Crippen molar-refractivity contribution in [2.45, 2.75) is 37.8 Å². The Morgan fingerprint density at radius 2 is 1.44 bits per heavy atom. The maximum Gasteiger partial charge on any atom is 0.370 e. The van der Waals surface area contributed by atoms with Crippen molar-refractivity contribution in [2.75, 3.05) is 4.90 Å². The molecule has 1 saturated carbocycles. The lowest BCUT2D eigenvalue weighted by Gasteiger charge is -2.27. The van der Waals surface area contributed by atoms with Gasteiger partial charge in [-0.05, 0) is 88.2 Å². The zero-order valence-corrected chi connectivity index (χ0v) is 26.7. The van der Waals surface area contributed by atoms with Crippen molar-refractivity contribution in [3.63, 3.8) is 0 Å². The van der Waals surface area contributed by atoms with Crippen LogP contribution >= 0.6 is 0 Å². The number of pyridine rings is 1. The maximum atomic E-state index is 11.4. The molecule has 4 nitrogen and oxygen atoms in total. The number of rotatable bonds is 8. The maximum absolute atomic E-state index is 11.4. The van der Waals surface area contributed by atoms with Gasteiger partial charge < -0.3 is 10.0 Å². The third kappa shape index (κ3) is 5.71. The SMILES string of the molecule is O=C(O)C[n+]1ccc(/C=C/c2ccc3c(c2)C2CCCC2N3c2ccc(C=C(c3ccccc3)c3ccccc3)cc2)c2ccccc21. The molecule has 2 aliphatic rings. The summed E-state index contributed by atoms with van der Waals surface area (Å²) >= 11 is 0.